The Morgan fingerprint density at radius 1 is 1.37 bits per heavy atom. The Hall–Kier alpha value is -1.82. The van der Waals surface area contributed by atoms with E-state index in [4.69, 9.17) is 4.74 Å². The third-order valence-electron chi connectivity index (χ3n) is 2.85. The molecule has 0 aromatic carbocycles. The minimum atomic E-state index is 0.731. The Bertz CT molecular complexity index is 517. The van der Waals surface area contributed by atoms with Gasteiger partial charge in [-0.3, -0.25) is 4.68 Å². The SMILES string of the molecule is COCCCn1cc(C)nc1NCc1cnn(C)c1. The molecule has 0 aliphatic rings. The molecule has 2 aromatic rings. The number of anilines is 1. The van der Waals surface area contributed by atoms with Crippen LogP contribution in [0.2, 0.25) is 0 Å². The van der Waals surface area contributed by atoms with E-state index in [0.717, 1.165) is 43.3 Å². The maximum atomic E-state index is 5.08. The summed E-state index contributed by atoms with van der Waals surface area (Å²) in [7, 11) is 3.64. The highest BCUT2D eigenvalue weighted by Gasteiger charge is 2.05. The third kappa shape index (κ3) is 3.82. The molecule has 0 spiro atoms. The number of hydrogen-bond acceptors (Lipinski definition) is 4. The fourth-order valence-electron chi connectivity index (χ4n) is 1.98. The first kappa shape index (κ1) is 13.6. The smallest absolute Gasteiger partial charge is 0.203 e. The van der Waals surface area contributed by atoms with Crippen LogP contribution in [-0.4, -0.2) is 33.0 Å². The van der Waals surface area contributed by atoms with Crippen LogP contribution in [0.25, 0.3) is 0 Å². The molecule has 0 aliphatic heterocycles. The molecule has 0 amide bonds. The van der Waals surface area contributed by atoms with Gasteiger partial charge in [0.1, 0.15) is 0 Å². The molecule has 0 saturated heterocycles. The molecule has 6 nitrogen and oxygen atoms in total. The molecule has 0 atom stereocenters. The van der Waals surface area contributed by atoms with E-state index in [1.807, 2.05) is 26.4 Å². The number of nitrogens with zero attached hydrogens (tertiary/aromatic N) is 4. The van der Waals surface area contributed by atoms with E-state index in [2.05, 4.69) is 26.2 Å². The number of aromatic nitrogens is 4. The van der Waals surface area contributed by atoms with Crippen LogP contribution in [0, 0.1) is 6.92 Å². The molecule has 2 rings (SSSR count). The van der Waals surface area contributed by atoms with E-state index >= 15 is 0 Å². The molecule has 0 radical (unpaired) electrons. The van der Waals surface area contributed by atoms with Crippen LogP contribution in [0.5, 0.6) is 0 Å². The molecular formula is C13H21N5O. The summed E-state index contributed by atoms with van der Waals surface area (Å²) >= 11 is 0. The summed E-state index contributed by atoms with van der Waals surface area (Å²) in [6.45, 7) is 4.40. The second-order valence-corrected chi connectivity index (χ2v) is 4.62. The summed E-state index contributed by atoms with van der Waals surface area (Å²) < 4.78 is 9.01. The Morgan fingerprint density at radius 2 is 2.21 bits per heavy atom. The Labute approximate surface area is 113 Å². The van der Waals surface area contributed by atoms with Gasteiger partial charge >= 0.3 is 0 Å². The maximum absolute atomic E-state index is 5.08. The Balaban J connectivity index is 1.95. The van der Waals surface area contributed by atoms with E-state index in [9.17, 15) is 0 Å². The first-order chi connectivity index (χ1) is 9.19. The van der Waals surface area contributed by atoms with Crippen molar-refractivity contribution in [2.24, 2.45) is 7.05 Å². The van der Waals surface area contributed by atoms with Gasteiger partial charge in [-0.25, -0.2) is 4.98 Å². The van der Waals surface area contributed by atoms with Crippen LogP contribution in [0.15, 0.2) is 18.6 Å². The van der Waals surface area contributed by atoms with Gasteiger partial charge in [0.15, 0.2) is 0 Å². The summed E-state index contributed by atoms with van der Waals surface area (Å²) in [4.78, 5) is 4.50. The molecule has 19 heavy (non-hydrogen) atoms. The maximum Gasteiger partial charge on any atom is 0.203 e. The molecule has 0 fully saturated rings. The first-order valence-electron chi connectivity index (χ1n) is 6.43. The average Bonchev–Trinajstić information content (AvgIpc) is 2.94. The van der Waals surface area contributed by atoms with Crippen molar-refractivity contribution in [3.63, 3.8) is 0 Å². The van der Waals surface area contributed by atoms with Crippen molar-refractivity contribution in [2.45, 2.75) is 26.4 Å². The molecule has 6 heteroatoms. The van der Waals surface area contributed by atoms with Gasteiger partial charge in [-0.1, -0.05) is 0 Å². The summed E-state index contributed by atoms with van der Waals surface area (Å²) in [5.41, 5.74) is 2.16. The van der Waals surface area contributed by atoms with E-state index < -0.39 is 0 Å². The van der Waals surface area contributed by atoms with Crippen molar-refractivity contribution < 1.29 is 4.74 Å². The first-order valence-corrected chi connectivity index (χ1v) is 6.43. The standard InChI is InChI=1S/C13H21N5O/c1-11-9-18(5-4-6-19-3)13(16-11)14-7-12-8-15-17(2)10-12/h8-10H,4-7H2,1-3H3,(H,14,16). The molecule has 104 valence electrons. The number of rotatable bonds is 7. The van der Waals surface area contributed by atoms with Crippen LogP contribution < -0.4 is 5.32 Å². The minimum Gasteiger partial charge on any atom is -0.385 e. The van der Waals surface area contributed by atoms with Gasteiger partial charge < -0.3 is 14.6 Å². The molecular weight excluding hydrogens is 242 g/mol. The predicted molar refractivity (Wildman–Crippen MR) is 74.0 cm³/mol. The van der Waals surface area contributed by atoms with Crippen molar-refractivity contribution in [3.8, 4) is 0 Å². The lowest BCUT2D eigenvalue weighted by atomic mass is 10.4. The summed E-state index contributed by atoms with van der Waals surface area (Å²) in [6.07, 6.45) is 6.89. The van der Waals surface area contributed by atoms with Crippen LogP contribution in [0.1, 0.15) is 17.7 Å². The molecule has 2 heterocycles. The monoisotopic (exact) mass is 263 g/mol. The Morgan fingerprint density at radius 3 is 2.89 bits per heavy atom. The normalized spacial score (nSPS) is 10.9. The molecule has 0 saturated carbocycles. The topological polar surface area (TPSA) is 56.9 Å². The van der Waals surface area contributed by atoms with Crippen LogP contribution in [0.3, 0.4) is 0 Å². The van der Waals surface area contributed by atoms with Gasteiger partial charge in [0.2, 0.25) is 5.95 Å². The quantitative estimate of drug-likeness (QED) is 0.770. The van der Waals surface area contributed by atoms with Crippen molar-refractivity contribution in [1.29, 1.82) is 0 Å². The zero-order chi connectivity index (χ0) is 13.7. The van der Waals surface area contributed by atoms with E-state index in [1.165, 1.54) is 0 Å². The van der Waals surface area contributed by atoms with Crippen molar-refractivity contribution in [2.75, 3.05) is 19.0 Å². The second kappa shape index (κ2) is 6.38. The fraction of sp³-hybridized carbons (Fsp3) is 0.538. The number of imidazole rings is 1. The van der Waals surface area contributed by atoms with Crippen molar-refractivity contribution >= 4 is 5.95 Å². The number of methoxy groups -OCH3 is 1. The fourth-order valence-corrected chi connectivity index (χ4v) is 1.98. The van der Waals surface area contributed by atoms with Crippen molar-refractivity contribution in [1.82, 2.24) is 19.3 Å². The minimum absolute atomic E-state index is 0.731. The number of aryl methyl sites for hydroxylation is 3. The number of hydrogen-bond donors (Lipinski definition) is 1. The molecule has 0 unspecified atom stereocenters. The number of nitrogens with one attached hydrogen (secondary N) is 1. The van der Waals surface area contributed by atoms with Crippen LogP contribution in [0.4, 0.5) is 5.95 Å². The predicted octanol–water partition coefficient (Wildman–Crippen LogP) is 1.57. The van der Waals surface area contributed by atoms with Gasteiger partial charge in [-0.2, -0.15) is 5.10 Å². The van der Waals surface area contributed by atoms with E-state index in [0.29, 0.717) is 0 Å². The van der Waals surface area contributed by atoms with Gasteiger partial charge in [-0.15, -0.1) is 0 Å². The highest BCUT2D eigenvalue weighted by molar-refractivity contribution is 5.30. The largest absolute Gasteiger partial charge is 0.385 e. The molecule has 2 aromatic heterocycles. The highest BCUT2D eigenvalue weighted by atomic mass is 16.5. The summed E-state index contributed by atoms with van der Waals surface area (Å²) in [5.74, 6) is 0.900. The second-order valence-electron chi connectivity index (χ2n) is 4.62. The lowest BCUT2D eigenvalue weighted by Gasteiger charge is -2.08. The van der Waals surface area contributed by atoms with Gasteiger partial charge in [0, 0.05) is 51.8 Å². The van der Waals surface area contributed by atoms with Gasteiger partial charge in [-0.05, 0) is 13.3 Å². The summed E-state index contributed by atoms with van der Waals surface area (Å²) in [6, 6.07) is 0. The molecule has 0 aliphatic carbocycles. The van der Waals surface area contributed by atoms with E-state index in [-0.39, 0.29) is 0 Å². The lowest BCUT2D eigenvalue weighted by molar-refractivity contribution is 0.190. The molecule has 1 N–H and O–H groups in total. The van der Waals surface area contributed by atoms with Crippen LogP contribution >= 0.6 is 0 Å². The van der Waals surface area contributed by atoms with Gasteiger partial charge in [0.05, 0.1) is 11.9 Å². The highest BCUT2D eigenvalue weighted by Crippen LogP contribution is 2.11. The average molecular weight is 263 g/mol. The number of ether oxygens (including phenoxy) is 1. The van der Waals surface area contributed by atoms with Crippen LogP contribution in [-0.2, 0) is 24.9 Å². The zero-order valence-corrected chi connectivity index (χ0v) is 11.8. The summed E-state index contributed by atoms with van der Waals surface area (Å²) in [5, 5.41) is 7.50. The zero-order valence-electron chi connectivity index (χ0n) is 11.8. The Kier molecular flexibility index (Phi) is 4.57. The van der Waals surface area contributed by atoms with Gasteiger partial charge in [0.25, 0.3) is 0 Å². The molecule has 0 bridgehead atoms. The third-order valence-corrected chi connectivity index (χ3v) is 2.85. The lowest BCUT2D eigenvalue weighted by Crippen LogP contribution is -2.08. The van der Waals surface area contributed by atoms with E-state index in [1.54, 1.807) is 11.8 Å². The van der Waals surface area contributed by atoms with Crippen molar-refractivity contribution in [3.05, 3.63) is 29.8 Å².